The minimum Gasteiger partial charge on any atom is -0.370 e. The van der Waals surface area contributed by atoms with Crippen LogP contribution in [0.4, 0.5) is 0 Å². The highest BCUT2D eigenvalue weighted by molar-refractivity contribution is 5.74. The number of rotatable bonds is 7. The first kappa shape index (κ1) is 11.5. The third kappa shape index (κ3) is 3.66. The summed E-state index contributed by atoms with van der Waals surface area (Å²) in [6.45, 7) is 5.30. The fourth-order valence-corrected chi connectivity index (χ4v) is 1.99. The third-order valence-electron chi connectivity index (χ3n) is 3.07. The molecule has 0 saturated heterocycles. The van der Waals surface area contributed by atoms with Gasteiger partial charge in [-0.3, -0.25) is 4.79 Å². The molecule has 0 radical (unpaired) electrons. The highest BCUT2D eigenvalue weighted by Gasteiger charge is 2.41. The van der Waals surface area contributed by atoms with Crippen LogP contribution < -0.4 is 11.1 Å². The van der Waals surface area contributed by atoms with Crippen LogP contribution >= 0.6 is 0 Å². The van der Waals surface area contributed by atoms with Gasteiger partial charge in [-0.1, -0.05) is 13.3 Å². The molecule has 14 heavy (non-hydrogen) atoms. The molecule has 1 unspecified atom stereocenters. The molecule has 0 aliphatic heterocycles. The Kier molecular flexibility index (Phi) is 3.93. The van der Waals surface area contributed by atoms with Crippen molar-refractivity contribution in [2.45, 2.75) is 52.0 Å². The van der Waals surface area contributed by atoms with E-state index in [2.05, 4.69) is 12.2 Å². The van der Waals surface area contributed by atoms with Crippen LogP contribution in [0.3, 0.4) is 0 Å². The number of carbonyl (C=O) groups is 1. The Labute approximate surface area is 86.4 Å². The van der Waals surface area contributed by atoms with Gasteiger partial charge in [-0.2, -0.15) is 0 Å². The van der Waals surface area contributed by atoms with Crippen LogP contribution in [-0.2, 0) is 4.79 Å². The largest absolute Gasteiger partial charge is 0.370 e. The second-order valence-electron chi connectivity index (χ2n) is 4.70. The minimum absolute atomic E-state index is 0.217. The molecule has 3 N–H and O–H groups in total. The Balaban J connectivity index is 2.16. The zero-order valence-electron chi connectivity index (χ0n) is 9.31. The Morgan fingerprint density at radius 2 is 2.21 bits per heavy atom. The Morgan fingerprint density at radius 1 is 1.57 bits per heavy atom. The average molecular weight is 198 g/mol. The van der Waals surface area contributed by atoms with Gasteiger partial charge < -0.3 is 11.1 Å². The molecule has 3 nitrogen and oxygen atoms in total. The number of carbonyl (C=O) groups excluding carboxylic acids is 1. The summed E-state index contributed by atoms with van der Waals surface area (Å²) in [5, 5.41) is 3.40. The molecular formula is C11H22N2O. The third-order valence-corrected chi connectivity index (χ3v) is 3.07. The zero-order valence-corrected chi connectivity index (χ0v) is 9.31. The number of amides is 1. The normalized spacial score (nSPS) is 20.4. The maximum atomic E-state index is 10.7. The van der Waals surface area contributed by atoms with Gasteiger partial charge in [-0.25, -0.2) is 0 Å². The van der Waals surface area contributed by atoms with E-state index in [0.29, 0.717) is 11.8 Å². The van der Waals surface area contributed by atoms with E-state index in [1.165, 1.54) is 25.7 Å². The molecule has 0 aromatic heterocycles. The molecule has 1 rings (SSSR count). The quantitative estimate of drug-likeness (QED) is 0.650. The number of hydrogen-bond acceptors (Lipinski definition) is 2. The molecule has 1 aliphatic rings. The van der Waals surface area contributed by atoms with Gasteiger partial charge in [-0.05, 0) is 31.6 Å². The topological polar surface area (TPSA) is 55.1 Å². The van der Waals surface area contributed by atoms with E-state index in [4.69, 9.17) is 5.73 Å². The van der Waals surface area contributed by atoms with Gasteiger partial charge in [0.2, 0.25) is 5.91 Å². The highest BCUT2D eigenvalue weighted by Crippen LogP contribution is 2.48. The first-order valence-corrected chi connectivity index (χ1v) is 5.60. The lowest BCUT2D eigenvalue weighted by Crippen LogP contribution is -2.35. The maximum Gasteiger partial charge on any atom is 0.218 e. The molecule has 0 aromatic carbocycles. The SMILES string of the molecule is CCCC1(CNC(C)CC(N)=O)CC1. The first-order valence-electron chi connectivity index (χ1n) is 5.60. The molecule has 1 atom stereocenters. The standard InChI is InChI=1S/C11H22N2O/c1-3-4-11(5-6-11)8-13-9(2)7-10(12)14/h9,13H,3-8H2,1-2H3,(H2,12,14). The van der Waals surface area contributed by atoms with Gasteiger partial charge in [0, 0.05) is 19.0 Å². The minimum atomic E-state index is -0.217. The lowest BCUT2D eigenvalue weighted by Gasteiger charge is -2.18. The van der Waals surface area contributed by atoms with Gasteiger partial charge in [0.05, 0.1) is 0 Å². The second kappa shape index (κ2) is 4.78. The summed E-state index contributed by atoms with van der Waals surface area (Å²) >= 11 is 0. The van der Waals surface area contributed by atoms with Crippen LogP contribution in [0.5, 0.6) is 0 Å². The Hall–Kier alpha value is -0.570. The van der Waals surface area contributed by atoms with Crippen molar-refractivity contribution in [1.82, 2.24) is 5.32 Å². The van der Waals surface area contributed by atoms with Crippen LogP contribution in [0.15, 0.2) is 0 Å². The molecule has 1 amide bonds. The predicted molar refractivity (Wildman–Crippen MR) is 57.9 cm³/mol. The molecule has 82 valence electrons. The maximum absolute atomic E-state index is 10.7. The van der Waals surface area contributed by atoms with Crippen molar-refractivity contribution in [2.24, 2.45) is 11.1 Å². The molecule has 1 aliphatic carbocycles. The van der Waals surface area contributed by atoms with E-state index in [9.17, 15) is 4.79 Å². The fourth-order valence-electron chi connectivity index (χ4n) is 1.99. The average Bonchev–Trinajstić information content (AvgIpc) is 2.82. The number of primary amides is 1. The Morgan fingerprint density at radius 3 is 2.64 bits per heavy atom. The van der Waals surface area contributed by atoms with Crippen molar-refractivity contribution >= 4 is 5.91 Å². The van der Waals surface area contributed by atoms with Crippen LogP contribution in [0.25, 0.3) is 0 Å². The van der Waals surface area contributed by atoms with E-state index >= 15 is 0 Å². The molecule has 1 saturated carbocycles. The second-order valence-corrected chi connectivity index (χ2v) is 4.70. The van der Waals surface area contributed by atoms with Crippen molar-refractivity contribution in [3.05, 3.63) is 0 Å². The molecule has 0 bridgehead atoms. The Bertz CT molecular complexity index is 199. The molecule has 1 fully saturated rings. The summed E-state index contributed by atoms with van der Waals surface area (Å²) < 4.78 is 0. The number of hydrogen-bond donors (Lipinski definition) is 2. The monoisotopic (exact) mass is 198 g/mol. The summed E-state index contributed by atoms with van der Waals surface area (Å²) in [4.78, 5) is 10.7. The van der Waals surface area contributed by atoms with Crippen LogP contribution in [0.2, 0.25) is 0 Å². The fraction of sp³-hybridized carbons (Fsp3) is 0.909. The van der Waals surface area contributed by atoms with Crippen LogP contribution in [0, 0.1) is 5.41 Å². The van der Waals surface area contributed by atoms with E-state index in [1.54, 1.807) is 0 Å². The van der Waals surface area contributed by atoms with Crippen molar-refractivity contribution in [2.75, 3.05) is 6.54 Å². The van der Waals surface area contributed by atoms with Gasteiger partial charge in [0.15, 0.2) is 0 Å². The lowest BCUT2D eigenvalue weighted by atomic mass is 10.0. The zero-order chi connectivity index (χ0) is 10.6. The highest BCUT2D eigenvalue weighted by atomic mass is 16.1. The summed E-state index contributed by atoms with van der Waals surface area (Å²) in [7, 11) is 0. The van der Waals surface area contributed by atoms with E-state index < -0.39 is 0 Å². The summed E-state index contributed by atoms with van der Waals surface area (Å²) in [6.07, 6.45) is 5.70. The smallest absolute Gasteiger partial charge is 0.218 e. The predicted octanol–water partition coefficient (Wildman–Crippen LogP) is 1.42. The molecule has 0 aromatic rings. The first-order chi connectivity index (χ1) is 6.58. The molecule has 0 heterocycles. The number of nitrogens with one attached hydrogen (secondary N) is 1. The van der Waals surface area contributed by atoms with Gasteiger partial charge in [0.1, 0.15) is 0 Å². The van der Waals surface area contributed by atoms with Gasteiger partial charge in [0.25, 0.3) is 0 Å². The van der Waals surface area contributed by atoms with E-state index in [1.807, 2.05) is 6.92 Å². The van der Waals surface area contributed by atoms with Gasteiger partial charge >= 0.3 is 0 Å². The number of nitrogens with two attached hydrogens (primary N) is 1. The summed E-state index contributed by atoms with van der Waals surface area (Å²) in [5.74, 6) is -0.217. The van der Waals surface area contributed by atoms with Crippen molar-refractivity contribution < 1.29 is 4.79 Å². The van der Waals surface area contributed by atoms with E-state index in [-0.39, 0.29) is 11.9 Å². The molecular weight excluding hydrogens is 176 g/mol. The van der Waals surface area contributed by atoms with E-state index in [0.717, 1.165) is 6.54 Å². The van der Waals surface area contributed by atoms with Crippen molar-refractivity contribution in [3.8, 4) is 0 Å². The van der Waals surface area contributed by atoms with Crippen LogP contribution in [-0.4, -0.2) is 18.5 Å². The van der Waals surface area contributed by atoms with Crippen LogP contribution in [0.1, 0.15) is 46.0 Å². The summed E-state index contributed by atoms with van der Waals surface area (Å²) in [5.41, 5.74) is 5.68. The van der Waals surface area contributed by atoms with Gasteiger partial charge in [-0.15, -0.1) is 0 Å². The molecule has 3 heteroatoms. The van der Waals surface area contributed by atoms with Crippen molar-refractivity contribution in [3.63, 3.8) is 0 Å². The lowest BCUT2D eigenvalue weighted by molar-refractivity contribution is -0.118. The van der Waals surface area contributed by atoms with Crippen molar-refractivity contribution in [1.29, 1.82) is 0 Å². The summed E-state index contributed by atoms with van der Waals surface area (Å²) in [6, 6.07) is 0.224. The molecule has 0 spiro atoms.